The van der Waals surface area contributed by atoms with Crippen LogP contribution in [0.3, 0.4) is 0 Å². The minimum atomic E-state index is -0.822. The van der Waals surface area contributed by atoms with Gasteiger partial charge in [0.15, 0.2) is 0 Å². The molecule has 2 atom stereocenters. The van der Waals surface area contributed by atoms with E-state index in [9.17, 15) is 9.59 Å². The summed E-state index contributed by atoms with van der Waals surface area (Å²) in [6, 6.07) is 0. The molecule has 1 aliphatic heterocycles. The average molecular weight is 213 g/mol. The lowest BCUT2D eigenvalue weighted by Gasteiger charge is -2.13. The van der Waals surface area contributed by atoms with Crippen LogP contribution < -0.4 is 0 Å². The first kappa shape index (κ1) is 10.4. The second-order valence-electron chi connectivity index (χ2n) is 5.05. The van der Waals surface area contributed by atoms with E-state index in [1.165, 1.54) is 0 Å². The molecule has 0 spiro atoms. The van der Waals surface area contributed by atoms with E-state index in [2.05, 4.69) is 0 Å². The van der Waals surface area contributed by atoms with Gasteiger partial charge >= 0.3 is 11.9 Å². The molecule has 5 heteroatoms. The first-order valence-corrected chi connectivity index (χ1v) is 5.01. The molecule has 1 aliphatic carbocycles. The number of aliphatic carboxylic acids is 2. The zero-order valence-corrected chi connectivity index (χ0v) is 8.69. The van der Waals surface area contributed by atoms with Gasteiger partial charge in [0.05, 0.1) is 12.8 Å². The van der Waals surface area contributed by atoms with Gasteiger partial charge < -0.3 is 15.1 Å². The fourth-order valence-electron chi connectivity index (χ4n) is 3.33. The molecule has 1 saturated heterocycles. The van der Waals surface area contributed by atoms with Crippen molar-refractivity contribution < 1.29 is 19.8 Å². The van der Waals surface area contributed by atoms with Crippen LogP contribution in [0, 0.1) is 10.8 Å². The standard InChI is InChI=1S/C10H15NO4/c1-11-5-9(2-7(12)13)4-10(9,6-11)3-8(14)15/h2-6H2,1H3,(H,12,13)(H,14,15)/t9-,10?/m1/s1. The second-order valence-corrected chi connectivity index (χ2v) is 5.05. The molecule has 0 radical (unpaired) electrons. The largest absolute Gasteiger partial charge is 0.481 e. The van der Waals surface area contributed by atoms with Crippen LogP contribution in [-0.4, -0.2) is 47.2 Å². The highest BCUT2D eigenvalue weighted by Crippen LogP contribution is 2.71. The highest BCUT2D eigenvalue weighted by atomic mass is 16.4. The van der Waals surface area contributed by atoms with Gasteiger partial charge in [0.1, 0.15) is 0 Å². The van der Waals surface area contributed by atoms with Crippen molar-refractivity contribution in [2.75, 3.05) is 20.1 Å². The van der Waals surface area contributed by atoms with Gasteiger partial charge in [-0.1, -0.05) is 0 Å². The Labute approximate surface area is 87.7 Å². The quantitative estimate of drug-likeness (QED) is 0.700. The minimum Gasteiger partial charge on any atom is -0.481 e. The molecule has 2 aliphatic rings. The number of hydrogen-bond acceptors (Lipinski definition) is 3. The lowest BCUT2D eigenvalue weighted by atomic mass is 9.90. The van der Waals surface area contributed by atoms with E-state index < -0.39 is 11.9 Å². The number of carbonyl (C=O) groups is 2. The molecule has 2 N–H and O–H groups in total. The monoisotopic (exact) mass is 213 g/mol. The van der Waals surface area contributed by atoms with Crippen molar-refractivity contribution in [3.05, 3.63) is 0 Å². The molecule has 1 heterocycles. The number of rotatable bonds is 4. The molecule has 1 saturated carbocycles. The van der Waals surface area contributed by atoms with E-state index >= 15 is 0 Å². The predicted octanol–water partition coefficient (Wildman–Crippen LogP) is 0.258. The summed E-state index contributed by atoms with van der Waals surface area (Å²) in [4.78, 5) is 23.5. The SMILES string of the molecule is CN1CC2(CC(=O)O)C[C@]2(CC(=O)O)C1. The smallest absolute Gasteiger partial charge is 0.303 e. The number of carboxylic acid groups (broad SMARTS) is 2. The third kappa shape index (κ3) is 1.51. The van der Waals surface area contributed by atoms with E-state index in [0.717, 1.165) is 6.42 Å². The van der Waals surface area contributed by atoms with Crippen LogP contribution in [0.1, 0.15) is 19.3 Å². The van der Waals surface area contributed by atoms with Crippen LogP contribution in [0.5, 0.6) is 0 Å². The van der Waals surface area contributed by atoms with Crippen LogP contribution >= 0.6 is 0 Å². The molecule has 2 fully saturated rings. The second kappa shape index (κ2) is 2.95. The van der Waals surface area contributed by atoms with Gasteiger partial charge in [-0.25, -0.2) is 0 Å². The van der Waals surface area contributed by atoms with Gasteiger partial charge in [0.2, 0.25) is 0 Å². The minimum absolute atomic E-state index is 0.102. The Kier molecular flexibility index (Phi) is 2.05. The Morgan fingerprint density at radius 1 is 1.13 bits per heavy atom. The Morgan fingerprint density at radius 3 is 1.87 bits per heavy atom. The summed E-state index contributed by atoms with van der Waals surface area (Å²) in [6.07, 6.45) is 0.957. The van der Waals surface area contributed by atoms with Crippen molar-refractivity contribution >= 4 is 11.9 Å². The van der Waals surface area contributed by atoms with E-state index in [0.29, 0.717) is 13.1 Å². The van der Waals surface area contributed by atoms with E-state index in [4.69, 9.17) is 10.2 Å². The summed E-state index contributed by atoms with van der Waals surface area (Å²) >= 11 is 0. The molecular weight excluding hydrogens is 198 g/mol. The molecule has 2 rings (SSSR count). The van der Waals surface area contributed by atoms with E-state index in [1.54, 1.807) is 0 Å². The normalized spacial score (nSPS) is 38.7. The third-order valence-corrected chi connectivity index (χ3v) is 3.80. The van der Waals surface area contributed by atoms with Crippen LogP contribution in [0.15, 0.2) is 0 Å². The molecule has 84 valence electrons. The van der Waals surface area contributed by atoms with Crippen molar-refractivity contribution in [2.24, 2.45) is 10.8 Å². The van der Waals surface area contributed by atoms with E-state index in [-0.39, 0.29) is 23.7 Å². The van der Waals surface area contributed by atoms with Crippen molar-refractivity contribution in [3.8, 4) is 0 Å². The number of likely N-dealkylation sites (tertiary alicyclic amines) is 1. The van der Waals surface area contributed by atoms with Gasteiger partial charge in [-0.05, 0) is 13.5 Å². The fraction of sp³-hybridized carbons (Fsp3) is 0.800. The lowest BCUT2D eigenvalue weighted by molar-refractivity contribution is -0.141. The molecule has 0 aromatic heterocycles. The zero-order chi connectivity index (χ0) is 11.3. The number of fused-ring (bicyclic) bond motifs is 1. The van der Waals surface area contributed by atoms with Crippen molar-refractivity contribution in [3.63, 3.8) is 0 Å². The number of nitrogens with zero attached hydrogens (tertiary/aromatic N) is 1. The van der Waals surface area contributed by atoms with E-state index in [1.807, 2.05) is 11.9 Å². The molecule has 5 nitrogen and oxygen atoms in total. The predicted molar refractivity (Wildman–Crippen MR) is 51.5 cm³/mol. The maximum Gasteiger partial charge on any atom is 0.303 e. The van der Waals surface area contributed by atoms with Crippen LogP contribution in [0.25, 0.3) is 0 Å². The van der Waals surface area contributed by atoms with Gasteiger partial charge in [0.25, 0.3) is 0 Å². The van der Waals surface area contributed by atoms with Crippen molar-refractivity contribution in [2.45, 2.75) is 19.3 Å². The molecule has 0 amide bonds. The summed E-state index contributed by atoms with van der Waals surface area (Å²) in [6.45, 7) is 1.43. The van der Waals surface area contributed by atoms with Gasteiger partial charge in [-0.2, -0.15) is 0 Å². The fourth-order valence-corrected chi connectivity index (χ4v) is 3.33. The molecule has 1 unspecified atom stereocenters. The summed E-state index contributed by atoms with van der Waals surface area (Å²) in [5.41, 5.74) is -0.544. The van der Waals surface area contributed by atoms with Gasteiger partial charge in [-0.15, -0.1) is 0 Å². The summed E-state index contributed by atoms with van der Waals surface area (Å²) in [5, 5.41) is 17.7. The topological polar surface area (TPSA) is 77.8 Å². The third-order valence-electron chi connectivity index (χ3n) is 3.80. The summed E-state index contributed by atoms with van der Waals surface area (Å²) in [5.74, 6) is -1.64. The summed E-state index contributed by atoms with van der Waals surface area (Å²) in [7, 11) is 1.92. The highest BCUT2D eigenvalue weighted by molar-refractivity contribution is 5.72. The maximum atomic E-state index is 10.8. The Bertz CT molecular complexity index is 299. The maximum absolute atomic E-state index is 10.8. The zero-order valence-electron chi connectivity index (χ0n) is 8.69. The summed E-state index contributed by atoms with van der Waals surface area (Å²) < 4.78 is 0. The lowest BCUT2D eigenvalue weighted by Crippen LogP contribution is -2.22. The Balaban J connectivity index is 2.14. The molecule has 0 aromatic rings. The molecule has 0 aromatic carbocycles. The molecule has 0 bridgehead atoms. The number of piperidine rings is 1. The van der Waals surface area contributed by atoms with Crippen LogP contribution in [0.4, 0.5) is 0 Å². The van der Waals surface area contributed by atoms with Gasteiger partial charge in [-0.3, -0.25) is 9.59 Å². The van der Waals surface area contributed by atoms with Gasteiger partial charge in [0, 0.05) is 23.9 Å². The van der Waals surface area contributed by atoms with Crippen molar-refractivity contribution in [1.82, 2.24) is 4.90 Å². The van der Waals surface area contributed by atoms with Crippen molar-refractivity contribution in [1.29, 1.82) is 0 Å². The number of carboxylic acids is 2. The molecule has 15 heavy (non-hydrogen) atoms. The highest BCUT2D eigenvalue weighted by Gasteiger charge is 2.72. The Morgan fingerprint density at radius 2 is 1.53 bits per heavy atom. The van der Waals surface area contributed by atoms with Crippen LogP contribution in [-0.2, 0) is 9.59 Å². The average Bonchev–Trinajstić information content (AvgIpc) is 2.42. The van der Waals surface area contributed by atoms with Crippen LogP contribution in [0.2, 0.25) is 0 Å². The Hall–Kier alpha value is -1.10. The first-order valence-electron chi connectivity index (χ1n) is 5.01. The number of hydrogen-bond donors (Lipinski definition) is 2. The molecular formula is C10H15NO4. The first-order chi connectivity index (χ1) is 6.89.